The number of nitrogens with two attached hydrogens (primary N) is 2. The summed E-state index contributed by atoms with van der Waals surface area (Å²) < 4.78 is 51.4. The van der Waals surface area contributed by atoms with Gasteiger partial charge in [0.25, 0.3) is 0 Å². The maximum absolute atomic E-state index is 6.49. The van der Waals surface area contributed by atoms with Crippen molar-refractivity contribution in [3.05, 3.63) is 97.1 Å². The van der Waals surface area contributed by atoms with Crippen LogP contribution in [0.4, 0.5) is 0 Å². The van der Waals surface area contributed by atoms with Gasteiger partial charge in [0, 0.05) is 0 Å². The van der Waals surface area contributed by atoms with Crippen LogP contribution in [0.5, 0.6) is 46.0 Å². The molecule has 5 N–H and O–H groups in total. The van der Waals surface area contributed by atoms with Gasteiger partial charge in [-0.3, -0.25) is 0 Å². The fraction of sp³-hybridized carbons (Fsp3) is 0.143. The first-order chi connectivity index (χ1) is 20.8. The van der Waals surface area contributed by atoms with Crippen LogP contribution in [-0.2, 0) is 0 Å². The van der Waals surface area contributed by atoms with E-state index in [2.05, 4.69) is 9.37 Å². The number of nitrogens with zero attached hydrogens (tertiary/aromatic N) is 1. The normalized spacial score (nSPS) is 11.4. The van der Waals surface area contributed by atoms with Crippen LogP contribution in [0.15, 0.2) is 102 Å². The molecule has 0 heterocycles. The zero-order valence-electron chi connectivity index (χ0n) is 24.1. The van der Waals surface area contributed by atoms with E-state index < -0.39 is 24.6 Å². The Hall–Kier alpha value is -3.75. The van der Waals surface area contributed by atoms with Crippen LogP contribution in [0.3, 0.4) is 0 Å². The van der Waals surface area contributed by atoms with Crippen molar-refractivity contribution < 1.29 is 37.0 Å². The van der Waals surface area contributed by atoms with Gasteiger partial charge in [0.1, 0.15) is 0 Å². The van der Waals surface area contributed by atoms with Gasteiger partial charge < -0.3 is 0 Å². The first-order valence-electron chi connectivity index (χ1n) is 12.8. The molecule has 12 nitrogen and oxygen atoms in total. The summed E-state index contributed by atoms with van der Waals surface area (Å²) >= 11 is 0. The van der Waals surface area contributed by atoms with Crippen molar-refractivity contribution in [3.8, 4) is 46.0 Å². The molecule has 43 heavy (non-hydrogen) atoms. The molecular formula is C28H35N4O8P3. The zero-order valence-corrected chi connectivity index (χ0v) is 26.9. The predicted molar refractivity (Wildman–Crippen MR) is 172 cm³/mol. The third-order valence-corrected chi connectivity index (χ3v) is 11.5. The number of hydrogen-bond donors (Lipinski definition) is 3. The van der Waals surface area contributed by atoms with Crippen LogP contribution in [0.1, 0.15) is 0 Å². The molecule has 0 atom stereocenters. The van der Waals surface area contributed by atoms with Gasteiger partial charge in [0.2, 0.25) is 0 Å². The number of ether oxygens (including phenoxy) is 4. The fourth-order valence-corrected chi connectivity index (χ4v) is 9.20. The molecule has 0 saturated carbocycles. The SMILES string of the molecule is COc1ccc(OP(N[PH](N=[PH](N)N)(Oc2ccc(OC)cc2)Oc2ccc(OC)cc2)Oc2ccc(OC)cc2)cc1. The van der Waals surface area contributed by atoms with Crippen molar-refractivity contribution in [2.75, 3.05) is 28.4 Å². The van der Waals surface area contributed by atoms with E-state index in [0.717, 1.165) is 0 Å². The van der Waals surface area contributed by atoms with Gasteiger partial charge in [-0.15, -0.1) is 0 Å². The van der Waals surface area contributed by atoms with E-state index in [1.807, 2.05) is 0 Å². The van der Waals surface area contributed by atoms with E-state index in [-0.39, 0.29) is 0 Å². The average molecular weight is 649 g/mol. The van der Waals surface area contributed by atoms with Crippen molar-refractivity contribution in [2.24, 2.45) is 15.5 Å². The van der Waals surface area contributed by atoms with E-state index in [1.54, 1.807) is 126 Å². The summed E-state index contributed by atoms with van der Waals surface area (Å²) in [5, 5.41) is 0. The number of methoxy groups -OCH3 is 4. The second kappa shape index (κ2) is 15.6. The minimum atomic E-state index is -3.98. The van der Waals surface area contributed by atoms with E-state index in [1.165, 1.54) is 0 Å². The molecule has 0 aromatic heterocycles. The van der Waals surface area contributed by atoms with Crippen molar-refractivity contribution in [1.29, 1.82) is 0 Å². The summed E-state index contributed by atoms with van der Waals surface area (Å²) in [4.78, 5) is 3.30. The standard InChI is InChI=1S/C28H35N4O8P3/c1-33-21-5-13-25(14-6-21)37-42(38-26-15-7-22(34-2)8-16-26)32-43(31-41(29)30,39-27-17-9-23(35-3)10-18-27)40-28-19-11-24(36-4)12-20-28/h5-20,32,41,43H,1-4H3,(H4,29,30,31). The quantitative estimate of drug-likeness (QED) is 0.118. The average Bonchev–Trinajstić information content (AvgIpc) is 3.02. The molecule has 0 aliphatic rings. The monoisotopic (exact) mass is 648 g/mol. The molecule has 4 aromatic rings. The number of nitrogens with one attached hydrogen (secondary N) is 1. The molecule has 0 bridgehead atoms. The molecule has 230 valence electrons. The molecule has 4 aromatic carbocycles. The van der Waals surface area contributed by atoms with Crippen molar-refractivity contribution in [3.63, 3.8) is 0 Å². The van der Waals surface area contributed by atoms with Gasteiger partial charge in [-0.1, -0.05) is 0 Å². The number of hydrogen-bond acceptors (Lipinski definition) is 10. The van der Waals surface area contributed by atoms with Gasteiger partial charge in [0.05, 0.1) is 0 Å². The van der Waals surface area contributed by atoms with Crippen LogP contribution >= 0.6 is 24.6 Å². The molecular weight excluding hydrogens is 613 g/mol. The summed E-state index contributed by atoms with van der Waals surface area (Å²) in [5.41, 5.74) is 12.3. The van der Waals surface area contributed by atoms with E-state index >= 15 is 0 Å². The molecule has 0 saturated heterocycles. The molecule has 4 rings (SSSR count). The molecule has 0 fully saturated rings. The molecule has 0 aliphatic carbocycles. The van der Waals surface area contributed by atoms with Gasteiger partial charge in [-0.2, -0.15) is 0 Å². The van der Waals surface area contributed by atoms with E-state index in [9.17, 15) is 0 Å². The summed E-state index contributed by atoms with van der Waals surface area (Å²) in [6.45, 7) is 0. The number of rotatable bonds is 15. The first-order valence-corrected chi connectivity index (χ1v) is 17.4. The Kier molecular flexibility index (Phi) is 11.7. The molecule has 15 heteroatoms. The molecule has 0 amide bonds. The third kappa shape index (κ3) is 9.63. The molecule has 0 spiro atoms. The van der Waals surface area contributed by atoms with Crippen molar-refractivity contribution in [2.45, 2.75) is 0 Å². The Bertz CT molecular complexity index is 1360. The third-order valence-electron chi connectivity index (χ3n) is 5.64. The van der Waals surface area contributed by atoms with Gasteiger partial charge in [-0.05, 0) is 0 Å². The number of benzene rings is 4. The Morgan fingerprint density at radius 1 is 0.512 bits per heavy atom. The molecule has 0 unspecified atom stereocenters. The minimum absolute atomic E-state index is 0.435. The summed E-state index contributed by atoms with van der Waals surface area (Å²) in [7, 11) is -1.95. The van der Waals surface area contributed by atoms with E-state index in [0.29, 0.717) is 46.0 Å². The Balaban J connectivity index is 1.75. The Morgan fingerprint density at radius 2 is 0.791 bits per heavy atom. The van der Waals surface area contributed by atoms with Crippen LogP contribution in [-0.4, -0.2) is 28.4 Å². The molecule has 0 aliphatic heterocycles. The fourth-order valence-electron chi connectivity index (χ4n) is 3.56. The Labute approximate surface area is 253 Å². The topological polar surface area (TPSA) is 150 Å². The second-order valence-electron chi connectivity index (χ2n) is 8.58. The summed E-state index contributed by atoms with van der Waals surface area (Å²) in [6.07, 6.45) is 0. The van der Waals surface area contributed by atoms with Gasteiger partial charge in [-0.25, -0.2) is 0 Å². The summed E-state index contributed by atoms with van der Waals surface area (Å²) in [6, 6.07) is 28.0. The van der Waals surface area contributed by atoms with Crippen LogP contribution in [0.25, 0.3) is 0 Å². The first kappa shape index (κ1) is 32.2. The Morgan fingerprint density at radius 3 is 1.07 bits per heavy atom. The van der Waals surface area contributed by atoms with Crippen molar-refractivity contribution in [1.82, 2.24) is 4.86 Å². The second-order valence-corrected chi connectivity index (χ2v) is 13.7. The van der Waals surface area contributed by atoms with Gasteiger partial charge in [0.15, 0.2) is 0 Å². The zero-order chi connectivity index (χ0) is 30.7. The van der Waals surface area contributed by atoms with Crippen molar-refractivity contribution >= 4 is 24.6 Å². The van der Waals surface area contributed by atoms with Crippen LogP contribution in [0, 0.1) is 0 Å². The predicted octanol–water partition coefficient (Wildman–Crippen LogP) is 6.71. The molecule has 0 radical (unpaired) electrons. The van der Waals surface area contributed by atoms with Gasteiger partial charge >= 0.3 is 253 Å². The van der Waals surface area contributed by atoms with E-state index in [4.69, 9.17) is 48.1 Å². The maximum atomic E-state index is 6.49. The van der Waals surface area contributed by atoms with Crippen LogP contribution in [0.2, 0.25) is 0 Å². The summed E-state index contributed by atoms with van der Waals surface area (Å²) in [5.74, 6) is 4.50. The van der Waals surface area contributed by atoms with Crippen LogP contribution < -0.4 is 52.9 Å².